The monoisotopic (exact) mass is 350 g/mol. The van der Waals surface area contributed by atoms with Gasteiger partial charge in [-0.15, -0.1) is 0 Å². The first-order chi connectivity index (χ1) is 12.1. The Morgan fingerprint density at radius 3 is 2.52 bits per heavy atom. The van der Waals surface area contributed by atoms with Crippen LogP contribution in [0.4, 0.5) is 0 Å². The largest absolute Gasteiger partial charge is 0.493 e. The molecule has 0 aromatic heterocycles. The van der Waals surface area contributed by atoms with Gasteiger partial charge in [-0.2, -0.15) is 0 Å². The Morgan fingerprint density at radius 2 is 1.88 bits per heavy atom. The Hall–Kier alpha value is -1.79. The van der Waals surface area contributed by atoms with Gasteiger partial charge in [-0.1, -0.05) is 6.07 Å². The van der Waals surface area contributed by atoms with E-state index in [1.54, 1.807) is 21.3 Å². The molecule has 2 N–H and O–H groups in total. The van der Waals surface area contributed by atoms with E-state index in [1.165, 1.54) is 5.56 Å². The van der Waals surface area contributed by atoms with E-state index in [1.807, 2.05) is 18.2 Å². The molecule has 1 heterocycles. The van der Waals surface area contributed by atoms with Crippen LogP contribution in [0.15, 0.2) is 18.2 Å². The third-order valence-corrected chi connectivity index (χ3v) is 4.84. The predicted molar refractivity (Wildman–Crippen MR) is 97.3 cm³/mol. The lowest BCUT2D eigenvalue weighted by Gasteiger charge is -2.35. The number of hydrogen-bond donors (Lipinski definition) is 2. The molecular weight excluding hydrogens is 320 g/mol. The van der Waals surface area contributed by atoms with Gasteiger partial charge in [0.15, 0.2) is 11.5 Å². The molecule has 25 heavy (non-hydrogen) atoms. The fourth-order valence-electron chi connectivity index (χ4n) is 3.34. The lowest BCUT2D eigenvalue weighted by molar-refractivity contribution is -0.136. The van der Waals surface area contributed by atoms with Gasteiger partial charge < -0.3 is 24.8 Å². The number of methoxy groups -OCH3 is 3. The molecular formula is C19H30N2O4. The summed E-state index contributed by atoms with van der Waals surface area (Å²) in [5.74, 6) is 1.58. The highest BCUT2D eigenvalue weighted by Gasteiger charge is 2.39. The van der Waals surface area contributed by atoms with Gasteiger partial charge in [0.25, 0.3) is 0 Å². The molecule has 2 rings (SSSR count). The first-order valence-corrected chi connectivity index (χ1v) is 8.84. The maximum atomic E-state index is 12.6. The first kappa shape index (κ1) is 19.5. The topological polar surface area (TPSA) is 68.8 Å². The highest BCUT2D eigenvalue weighted by atomic mass is 16.5. The molecule has 0 aliphatic carbocycles. The normalized spacial score (nSPS) is 16.3. The van der Waals surface area contributed by atoms with Crippen molar-refractivity contribution in [3.63, 3.8) is 0 Å². The van der Waals surface area contributed by atoms with Crippen LogP contribution in [0.5, 0.6) is 11.5 Å². The maximum absolute atomic E-state index is 12.6. The molecule has 0 spiro atoms. The molecule has 140 valence electrons. The van der Waals surface area contributed by atoms with E-state index in [4.69, 9.17) is 14.2 Å². The molecule has 1 aromatic rings. The lowest BCUT2D eigenvalue weighted by atomic mass is 9.78. The van der Waals surface area contributed by atoms with Gasteiger partial charge in [-0.25, -0.2) is 0 Å². The first-order valence-electron chi connectivity index (χ1n) is 8.84. The number of amides is 1. The number of rotatable bonds is 9. The molecule has 0 radical (unpaired) electrons. The number of piperidine rings is 1. The van der Waals surface area contributed by atoms with Gasteiger partial charge >= 0.3 is 0 Å². The van der Waals surface area contributed by atoms with Crippen molar-refractivity contribution in [1.29, 1.82) is 0 Å². The molecule has 0 unspecified atom stereocenters. The van der Waals surface area contributed by atoms with Crippen molar-refractivity contribution >= 4 is 5.91 Å². The van der Waals surface area contributed by atoms with Crippen LogP contribution in [0, 0.1) is 5.41 Å². The summed E-state index contributed by atoms with van der Waals surface area (Å²) in [5, 5.41) is 6.40. The Labute approximate surface area is 150 Å². The van der Waals surface area contributed by atoms with E-state index in [2.05, 4.69) is 10.6 Å². The van der Waals surface area contributed by atoms with Gasteiger partial charge in [0.05, 0.1) is 26.2 Å². The van der Waals surface area contributed by atoms with E-state index >= 15 is 0 Å². The van der Waals surface area contributed by atoms with E-state index in [0.717, 1.165) is 50.3 Å². The van der Waals surface area contributed by atoms with Crippen molar-refractivity contribution in [3.8, 4) is 11.5 Å². The van der Waals surface area contributed by atoms with Crippen molar-refractivity contribution in [2.75, 3.05) is 47.6 Å². The smallest absolute Gasteiger partial charge is 0.228 e. The molecule has 6 nitrogen and oxygen atoms in total. The zero-order valence-corrected chi connectivity index (χ0v) is 15.5. The quantitative estimate of drug-likeness (QED) is 0.665. The van der Waals surface area contributed by atoms with Crippen LogP contribution < -0.4 is 20.1 Å². The van der Waals surface area contributed by atoms with Crippen LogP contribution in [-0.4, -0.2) is 53.5 Å². The zero-order chi connectivity index (χ0) is 18.1. The summed E-state index contributed by atoms with van der Waals surface area (Å²) in [4.78, 5) is 12.6. The summed E-state index contributed by atoms with van der Waals surface area (Å²) < 4.78 is 15.9. The molecule has 1 saturated heterocycles. The van der Waals surface area contributed by atoms with E-state index in [9.17, 15) is 4.79 Å². The van der Waals surface area contributed by atoms with Gasteiger partial charge in [-0.3, -0.25) is 4.79 Å². The lowest BCUT2D eigenvalue weighted by Crippen LogP contribution is -2.50. The fraction of sp³-hybridized carbons (Fsp3) is 0.632. The molecule has 1 fully saturated rings. The number of benzene rings is 1. The van der Waals surface area contributed by atoms with E-state index < -0.39 is 0 Å². The van der Waals surface area contributed by atoms with Gasteiger partial charge in [0.1, 0.15) is 0 Å². The Kier molecular flexibility index (Phi) is 7.52. The van der Waals surface area contributed by atoms with E-state index in [0.29, 0.717) is 13.2 Å². The second kappa shape index (κ2) is 9.63. The van der Waals surface area contributed by atoms with Crippen molar-refractivity contribution in [2.45, 2.75) is 25.7 Å². The van der Waals surface area contributed by atoms with Crippen LogP contribution in [0.1, 0.15) is 24.8 Å². The second-order valence-electron chi connectivity index (χ2n) is 6.51. The van der Waals surface area contributed by atoms with Crippen LogP contribution in [-0.2, 0) is 16.0 Å². The van der Waals surface area contributed by atoms with E-state index in [-0.39, 0.29) is 11.3 Å². The van der Waals surface area contributed by atoms with Crippen LogP contribution in [0.3, 0.4) is 0 Å². The highest BCUT2D eigenvalue weighted by Crippen LogP contribution is 2.30. The molecule has 1 aliphatic heterocycles. The minimum Gasteiger partial charge on any atom is -0.493 e. The summed E-state index contributed by atoms with van der Waals surface area (Å²) in [5.41, 5.74) is 0.781. The minimum absolute atomic E-state index is 0.114. The Balaban J connectivity index is 1.82. The Bertz CT molecular complexity index is 551. The molecule has 1 aliphatic rings. The molecule has 0 bridgehead atoms. The highest BCUT2D eigenvalue weighted by molar-refractivity contribution is 5.83. The number of nitrogens with one attached hydrogen (secondary N) is 2. The zero-order valence-electron chi connectivity index (χ0n) is 15.5. The Morgan fingerprint density at radius 1 is 1.16 bits per heavy atom. The molecule has 6 heteroatoms. The SMILES string of the molecule is COCC1(C(=O)NCCCc2ccc(OC)c(OC)c2)CCNCC1. The number of ether oxygens (including phenoxy) is 3. The number of hydrogen-bond acceptors (Lipinski definition) is 5. The van der Waals surface area contributed by atoms with Crippen molar-refractivity contribution < 1.29 is 19.0 Å². The van der Waals surface area contributed by atoms with Crippen LogP contribution >= 0.6 is 0 Å². The number of carbonyl (C=O) groups is 1. The average molecular weight is 350 g/mol. The van der Waals surface area contributed by atoms with Gasteiger partial charge in [0, 0.05) is 13.7 Å². The second-order valence-corrected chi connectivity index (χ2v) is 6.51. The van der Waals surface area contributed by atoms with Crippen molar-refractivity contribution in [2.24, 2.45) is 5.41 Å². The summed E-state index contributed by atoms with van der Waals surface area (Å²) in [7, 11) is 4.92. The third kappa shape index (κ3) is 5.09. The number of aryl methyl sites for hydroxylation is 1. The number of carbonyl (C=O) groups excluding carboxylic acids is 1. The minimum atomic E-state index is -0.386. The van der Waals surface area contributed by atoms with Crippen LogP contribution in [0.2, 0.25) is 0 Å². The molecule has 0 saturated carbocycles. The summed E-state index contributed by atoms with van der Waals surface area (Å²) in [6.07, 6.45) is 3.40. The molecule has 1 aromatic carbocycles. The fourth-order valence-corrected chi connectivity index (χ4v) is 3.34. The van der Waals surface area contributed by atoms with Crippen molar-refractivity contribution in [3.05, 3.63) is 23.8 Å². The summed E-state index contributed by atoms with van der Waals surface area (Å²) >= 11 is 0. The average Bonchev–Trinajstić information content (AvgIpc) is 2.65. The predicted octanol–water partition coefficient (Wildman–Crippen LogP) is 1.77. The molecule has 1 amide bonds. The standard InChI is InChI=1S/C19H30N2O4/c1-23-14-19(8-11-20-12-9-19)18(22)21-10-4-5-15-6-7-16(24-2)17(13-15)25-3/h6-7,13,20H,4-5,8-12,14H2,1-3H3,(H,21,22). The maximum Gasteiger partial charge on any atom is 0.228 e. The van der Waals surface area contributed by atoms with Gasteiger partial charge in [-0.05, 0) is 56.5 Å². The summed E-state index contributed by atoms with van der Waals surface area (Å²) in [6, 6.07) is 5.93. The van der Waals surface area contributed by atoms with Crippen LogP contribution in [0.25, 0.3) is 0 Å². The molecule has 0 atom stereocenters. The van der Waals surface area contributed by atoms with Crippen molar-refractivity contribution in [1.82, 2.24) is 10.6 Å². The third-order valence-electron chi connectivity index (χ3n) is 4.84. The summed E-state index contributed by atoms with van der Waals surface area (Å²) in [6.45, 7) is 2.87. The van der Waals surface area contributed by atoms with Gasteiger partial charge in [0.2, 0.25) is 5.91 Å².